The minimum absolute atomic E-state index is 0.240. The van der Waals surface area contributed by atoms with Crippen molar-refractivity contribution in [2.24, 2.45) is 0 Å². The molecule has 0 bridgehead atoms. The van der Waals surface area contributed by atoms with Gasteiger partial charge in [-0.3, -0.25) is 4.98 Å². The Hall–Kier alpha value is -0.850. The first-order chi connectivity index (χ1) is 8.95. The number of aromatic hydroxyl groups is 1. The monoisotopic (exact) mass is 300 g/mol. The molecule has 0 aromatic carbocycles. The highest BCUT2D eigenvalue weighted by Crippen LogP contribution is 2.25. The van der Waals surface area contributed by atoms with Gasteiger partial charge in [-0.05, 0) is 39.0 Å². The van der Waals surface area contributed by atoms with Crippen LogP contribution in [0.2, 0.25) is 0 Å². The third-order valence-corrected chi connectivity index (χ3v) is 3.63. The summed E-state index contributed by atoms with van der Waals surface area (Å²) in [5.41, 5.74) is 2.35. The Kier molecular flexibility index (Phi) is 6.54. The molecule has 1 aromatic heterocycles. The molecule has 0 amide bonds. The molecule has 0 saturated heterocycles. The van der Waals surface area contributed by atoms with E-state index in [0.29, 0.717) is 23.2 Å². The van der Waals surface area contributed by atoms with E-state index in [1.807, 2.05) is 25.9 Å². The van der Waals surface area contributed by atoms with E-state index in [-0.39, 0.29) is 5.75 Å². The summed E-state index contributed by atoms with van der Waals surface area (Å²) in [5, 5.41) is 10.1. The third kappa shape index (κ3) is 4.97. The van der Waals surface area contributed by atoms with Gasteiger partial charge in [-0.25, -0.2) is 0 Å². The molecule has 0 unspecified atom stereocenters. The van der Waals surface area contributed by atoms with E-state index in [1.165, 1.54) is 11.8 Å². The van der Waals surface area contributed by atoms with Crippen LogP contribution in [0.25, 0.3) is 0 Å². The van der Waals surface area contributed by atoms with Crippen molar-refractivity contribution in [3.63, 3.8) is 0 Å². The number of aromatic nitrogens is 1. The van der Waals surface area contributed by atoms with Gasteiger partial charge in [0.1, 0.15) is 12.4 Å². The van der Waals surface area contributed by atoms with Gasteiger partial charge in [0, 0.05) is 23.9 Å². The molecule has 0 aliphatic carbocycles. The Bertz CT molecular complexity index is 451. The van der Waals surface area contributed by atoms with Crippen LogP contribution in [-0.4, -0.2) is 39.2 Å². The van der Waals surface area contributed by atoms with Gasteiger partial charge in [0.15, 0.2) is 0 Å². The molecule has 106 valence electrons. The first-order valence-corrected chi connectivity index (χ1v) is 7.45. The number of pyridine rings is 1. The normalized spacial score (nSPS) is 10.8. The van der Waals surface area contributed by atoms with Crippen molar-refractivity contribution in [1.29, 1.82) is 0 Å². The third-order valence-electron chi connectivity index (χ3n) is 2.51. The number of rotatable bonds is 5. The van der Waals surface area contributed by atoms with Gasteiger partial charge in [0.25, 0.3) is 0 Å². The molecule has 6 heteroatoms. The largest absolute Gasteiger partial charge is 0.506 e. The maximum absolute atomic E-state index is 10.1. The van der Waals surface area contributed by atoms with Crippen LogP contribution in [0.15, 0.2) is 6.20 Å². The molecule has 1 rings (SSSR count). The number of hydrogen-bond donors (Lipinski definition) is 1. The molecular formula is C13H20N2O2S2. The SMILES string of the molecule is CCSC(=S)OCc1cnc(C)c(O)c1CN(C)C. The summed E-state index contributed by atoms with van der Waals surface area (Å²) >= 11 is 6.58. The predicted octanol–water partition coefficient (Wildman–Crippen LogP) is 2.71. The highest BCUT2D eigenvalue weighted by atomic mass is 32.2. The van der Waals surface area contributed by atoms with Crippen LogP contribution in [0.5, 0.6) is 5.75 Å². The number of aryl methyl sites for hydroxylation is 1. The summed E-state index contributed by atoms with van der Waals surface area (Å²) in [6, 6.07) is 0. The lowest BCUT2D eigenvalue weighted by molar-refractivity contribution is 0.302. The number of ether oxygens (including phenoxy) is 1. The maximum atomic E-state index is 10.1. The topological polar surface area (TPSA) is 45.6 Å². The molecule has 1 N–H and O–H groups in total. The fourth-order valence-corrected chi connectivity index (χ4v) is 2.39. The zero-order valence-electron chi connectivity index (χ0n) is 11.8. The highest BCUT2D eigenvalue weighted by molar-refractivity contribution is 8.22. The number of thioether (sulfide) groups is 1. The smallest absolute Gasteiger partial charge is 0.220 e. The van der Waals surface area contributed by atoms with Crippen LogP contribution in [0.1, 0.15) is 23.7 Å². The zero-order valence-corrected chi connectivity index (χ0v) is 13.4. The number of thiocarbonyl (C=S) groups is 1. The first kappa shape index (κ1) is 16.2. The van der Waals surface area contributed by atoms with Crippen LogP contribution in [0.3, 0.4) is 0 Å². The van der Waals surface area contributed by atoms with Crippen molar-refractivity contribution in [2.45, 2.75) is 27.0 Å². The van der Waals surface area contributed by atoms with Crippen molar-refractivity contribution in [2.75, 3.05) is 19.8 Å². The van der Waals surface area contributed by atoms with Crippen LogP contribution in [0, 0.1) is 6.92 Å². The molecule has 0 saturated carbocycles. The van der Waals surface area contributed by atoms with Gasteiger partial charge >= 0.3 is 0 Å². The Labute approximate surface area is 124 Å². The molecule has 19 heavy (non-hydrogen) atoms. The first-order valence-electron chi connectivity index (χ1n) is 6.06. The van der Waals surface area contributed by atoms with Gasteiger partial charge in [0.2, 0.25) is 4.38 Å². The van der Waals surface area contributed by atoms with Crippen molar-refractivity contribution in [3.05, 3.63) is 23.0 Å². The van der Waals surface area contributed by atoms with E-state index in [1.54, 1.807) is 13.1 Å². The predicted molar refractivity (Wildman–Crippen MR) is 83.5 cm³/mol. The van der Waals surface area contributed by atoms with E-state index in [2.05, 4.69) is 4.98 Å². The minimum atomic E-state index is 0.240. The second kappa shape index (κ2) is 7.67. The van der Waals surface area contributed by atoms with E-state index >= 15 is 0 Å². The lowest BCUT2D eigenvalue weighted by Crippen LogP contribution is -2.14. The van der Waals surface area contributed by atoms with Gasteiger partial charge in [-0.1, -0.05) is 18.7 Å². The van der Waals surface area contributed by atoms with E-state index in [9.17, 15) is 5.11 Å². The van der Waals surface area contributed by atoms with E-state index in [4.69, 9.17) is 17.0 Å². The second-order valence-electron chi connectivity index (χ2n) is 4.41. The Morgan fingerprint density at radius 3 is 2.79 bits per heavy atom. The van der Waals surface area contributed by atoms with Crippen LogP contribution in [0.4, 0.5) is 0 Å². The zero-order chi connectivity index (χ0) is 14.4. The molecule has 0 spiro atoms. The van der Waals surface area contributed by atoms with Crippen LogP contribution >= 0.6 is 24.0 Å². The average Bonchev–Trinajstić information content (AvgIpc) is 2.34. The molecule has 0 radical (unpaired) electrons. The Morgan fingerprint density at radius 2 is 2.21 bits per heavy atom. The van der Waals surface area contributed by atoms with Gasteiger partial charge in [0.05, 0.1) is 5.69 Å². The fraction of sp³-hybridized carbons (Fsp3) is 0.538. The lowest BCUT2D eigenvalue weighted by atomic mass is 10.1. The van der Waals surface area contributed by atoms with Crippen LogP contribution < -0.4 is 0 Å². The average molecular weight is 300 g/mol. The van der Waals surface area contributed by atoms with Crippen molar-refractivity contribution < 1.29 is 9.84 Å². The molecule has 0 atom stereocenters. The fourth-order valence-electron chi connectivity index (χ4n) is 1.60. The molecule has 1 heterocycles. The molecule has 4 nitrogen and oxygen atoms in total. The molecule has 1 aromatic rings. The van der Waals surface area contributed by atoms with Gasteiger partial charge in [-0.2, -0.15) is 0 Å². The molecule has 0 fully saturated rings. The maximum Gasteiger partial charge on any atom is 0.220 e. The lowest BCUT2D eigenvalue weighted by Gasteiger charge is -2.17. The standard InChI is InChI=1S/C13H20N2O2S2/c1-5-19-13(18)17-8-10-6-14-9(2)12(16)11(10)7-15(3)4/h6,16H,5,7-8H2,1-4H3. The summed E-state index contributed by atoms with van der Waals surface area (Å²) in [4.78, 5) is 6.17. The van der Waals surface area contributed by atoms with Crippen LogP contribution in [-0.2, 0) is 17.9 Å². The summed E-state index contributed by atoms with van der Waals surface area (Å²) in [5.74, 6) is 1.13. The minimum Gasteiger partial charge on any atom is -0.506 e. The van der Waals surface area contributed by atoms with E-state index in [0.717, 1.165) is 16.9 Å². The summed E-state index contributed by atoms with van der Waals surface area (Å²) < 4.78 is 6.04. The molecule has 0 aliphatic heterocycles. The molecule has 0 aliphatic rings. The van der Waals surface area contributed by atoms with Gasteiger partial charge < -0.3 is 14.7 Å². The second-order valence-corrected chi connectivity index (χ2v) is 6.27. The molecular weight excluding hydrogens is 280 g/mol. The highest BCUT2D eigenvalue weighted by Gasteiger charge is 2.13. The van der Waals surface area contributed by atoms with Crippen molar-refractivity contribution in [1.82, 2.24) is 9.88 Å². The summed E-state index contributed by atoms with van der Waals surface area (Å²) in [6.07, 6.45) is 1.74. The van der Waals surface area contributed by atoms with Gasteiger partial charge in [-0.15, -0.1) is 0 Å². The Morgan fingerprint density at radius 1 is 1.53 bits per heavy atom. The number of hydrogen-bond acceptors (Lipinski definition) is 6. The van der Waals surface area contributed by atoms with Crippen molar-refractivity contribution in [3.8, 4) is 5.75 Å². The van der Waals surface area contributed by atoms with Crippen molar-refractivity contribution >= 4 is 28.4 Å². The summed E-state index contributed by atoms with van der Waals surface area (Å²) in [6.45, 7) is 4.80. The summed E-state index contributed by atoms with van der Waals surface area (Å²) in [7, 11) is 3.91. The number of nitrogens with zero attached hydrogens (tertiary/aromatic N) is 2. The quantitative estimate of drug-likeness (QED) is 0.844. The Balaban J connectivity index is 2.87. The van der Waals surface area contributed by atoms with E-state index < -0.39 is 0 Å².